The zero-order valence-corrected chi connectivity index (χ0v) is 18.2. The second kappa shape index (κ2) is 9.02. The molecule has 0 aromatic heterocycles. The normalized spacial score (nSPS) is 11.0. The maximum Gasteiger partial charge on any atom is 0.466 e. The fraction of sp³-hybridized carbons (Fsp3) is 0.167. The largest absolute Gasteiger partial charge is 0.492 e. The van der Waals surface area contributed by atoms with Crippen molar-refractivity contribution in [2.24, 2.45) is 0 Å². The molecule has 0 bridgehead atoms. The van der Waals surface area contributed by atoms with E-state index in [0.717, 1.165) is 0 Å². The summed E-state index contributed by atoms with van der Waals surface area (Å²) in [6.07, 6.45) is 0. The maximum atomic E-state index is 13.3. The SMILES string of the molecule is COc1cccc(OC)c1[P+](=O)C(=O)c1c(C)ccc(C(=O)c2ccccc2)c1C. The van der Waals surface area contributed by atoms with Gasteiger partial charge in [0.2, 0.25) is 0 Å². The van der Waals surface area contributed by atoms with Gasteiger partial charge in [0.1, 0.15) is 0 Å². The fourth-order valence-corrected chi connectivity index (χ4v) is 4.88. The number of hydrogen-bond acceptors (Lipinski definition) is 5. The Hall–Kier alpha value is -3.30. The first-order chi connectivity index (χ1) is 14.4. The second-order valence-electron chi connectivity index (χ2n) is 6.74. The molecule has 0 aliphatic rings. The summed E-state index contributed by atoms with van der Waals surface area (Å²) in [6.45, 7) is 3.47. The van der Waals surface area contributed by atoms with Crippen LogP contribution in [0.4, 0.5) is 0 Å². The van der Waals surface area contributed by atoms with Crippen LogP contribution in [0.1, 0.15) is 37.4 Å². The number of aryl methyl sites for hydroxylation is 1. The number of ketones is 1. The minimum Gasteiger partial charge on any atom is -0.492 e. The maximum absolute atomic E-state index is 13.3. The van der Waals surface area contributed by atoms with Crippen molar-refractivity contribution in [2.75, 3.05) is 14.2 Å². The first-order valence-corrected chi connectivity index (χ1v) is 10.6. The minimum absolute atomic E-state index is 0.188. The van der Waals surface area contributed by atoms with Crippen LogP contribution in [0.2, 0.25) is 0 Å². The smallest absolute Gasteiger partial charge is 0.466 e. The Kier molecular flexibility index (Phi) is 6.43. The van der Waals surface area contributed by atoms with Crippen LogP contribution >= 0.6 is 7.80 Å². The van der Waals surface area contributed by atoms with Crippen LogP contribution in [0.5, 0.6) is 11.5 Å². The molecule has 152 valence electrons. The molecule has 1 atom stereocenters. The average Bonchev–Trinajstić information content (AvgIpc) is 2.78. The number of methoxy groups -OCH3 is 2. The van der Waals surface area contributed by atoms with Gasteiger partial charge in [-0.25, -0.2) is 4.79 Å². The van der Waals surface area contributed by atoms with Crippen molar-refractivity contribution >= 4 is 24.4 Å². The number of ether oxygens (including phenoxy) is 2. The molecule has 3 rings (SSSR count). The lowest BCUT2D eigenvalue weighted by molar-refractivity contribution is 0.103. The zero-order chi connectivity index (χ0) is 21.8. The topological polar surface area (TPSA) is 69.7 Å². The van der Waals surface area contributed by atoms with E-state index in [1.165, 1.54) is 14.2 Å². The van der Waals surface area contributed by atoms with E-state index in [-0.39, 0.29) is 16.7 Å². The molecule has 3 aromatic carbocycles. The van der Waals surface area contributed by atoms with Crippen LogP contribution in [0, 0.1) is 13.8 Å². The van der Waals surface area contributed by atoms with Crippen LogP contribution in [-0.2, 0) is 4.57 Å². The monoisotopic (exact) mass is 421 g/mol. The lowest BCUT2D eigenvalue weighted by Gasteiger charge is -2.10. The molecule has 0 saturated carbocycles. The molecular weight excluding hydrogens is 399 g/mol. The van der Waals surface area contributed by atoms with Gasteiger partial charge in [0.05, 0.1) is 19.8 Å². The summed E-state index contributed by atoms with van der Waals surface area (Å²) in [5.74, 6) is 0.443. The van der Waals surface area contributed by atoms with Gasteiger partial charge >= 0.3 is 13.3 Å². The van der Waals surface area contributed by atoms with Crippen molar-refractivity contribution in [1.29, 1.82) is 0 Å². The molecule has 0 aliphatic carbocycles. The van der Waals surface area contributed by atoms with E-state index in [9.17, 15) is 14.2 Å². The van der Waals surface area contributed by atoms with E-state index >= 15 is 0 Å². The van der Waals surface area contributed by atoms with Crippen LogP contribution in [-0.4, -0.2) is 25.5 Å². The highest BCUT2D eigenvalue weighted by atomic mass is 31.1. The summed E-state index contributed by atoms with van der Waals surface area (Å²) in [5, 5.41) is 0.209. The predicted molar refractivity (Wildman–Crippen MR) is 117 cm³/mol. The Morgan fingerprint density at radius 1 is 0.800 bits per heavy atom. The molecule has 0 radical (unpaired) electrons. The number of hydrogen-bond donors (Lipinski definition) is 0. The zero-order valence-electron chi connectivity index (χ0n) is 17.3. The lowest BCUT2D eigenvalue weighted by Crippen LogP contribution is -2.14. The first-order valence-electron chi connectivity index (χ1n) is 9.33. The molecule has 0 spiro atoms. The van der Waals surface area contributed by atoms with Gasteiger partial charge in [-0.15, -0.1) is 0 Å². The Morgan fingerprint density at radius 2 is 1.40 bits per heavy atom. The molecule has 0 N–H and O–H groups in total. The van der Waals surface area contributed by atoms with Crippen LogP contribution < -0.4 is 14.8 Å². The van der Waals surface area contributed by atoms with Gasteiger partial charge in [-0.3, -0.25) is 4.79 Å². The van der Waals surface area contributed by atoms with Gasteiger partial charge < -0.3 is 9.47 Å². The van der Waals surface area contributed by atoms with Crippen molar-refractivity contribution < 1.29 is 23.6 Å². The molecule has 0 heterocycles. The quantitative estimate of drug-likeness (QED) is 0.403. The van der Waals surface area contributed by atoms with Crippen molar-refractivity contribution in [3.05, 3.63) is 88.5 Å². The molecule has 1 unspecified atom stereocenters. The molecule has 0 aliphatic heterocycles. The van der Waals surface area contributed by atoms with Crippen molar-refractivity contribution in [1.82, 2.24) is 0 Å². The van der Waals surface area contributed by atoms with Gasteiger partial charge in [-0.2, -0.15) is 0 Å². The highest BCUT2D eigenvalue weighted by molar-refractivity contribution is 7.72. The van der Waals surface area contributed by atoms with E-state index in [2.05, 4.69) is 0 Å². The van der Waals surface area contributed by atoms with Crippen LogP contribution in [0.25, 0.3) is 0 Å². The molecule has 3 aromatic rings. The number of carbonyl (C=O) groups is 2. The standard InChI is InChI=1S/C24H22O5P/c1-15-13-14-18(22(25)17-9-6-5-7-10-17)16(2)21(15)24(26)30(27)23-19(28-3)11-8-12-20(23)29-4/h5-14H,1-4H3/q+1. The number of benzene rings is 3. The van der Waals surface area contributed by atoms with E-state index in [0.29, 0.717) is 33.8 Å². The van der Waals surface area contributed by atoms with Crippen LogP contribution in [0.3, 0.4) is 0 Å². The van der Waals surface area contributed by atoms with E-state index in [1.807, 2.05) is 6.07 Å². The summed E-state index contributed by atoms with van der Waals surface area (Å²) in [5.41, 5.74) is 1.81. The lowest BCUT2D eigenvalue weighted by atomic mass is 9.93. The third-order valence-corrected chi connectivity index (χ3v) is 6.40. The number of rotatable bonds is 7. The minimum atomic E-state index is -2.53. The van der Waals surface area contributed by atoms with E-state index in [4.69, 9.17) is 9.47 Å². The fourth-order valence-electron chi connectivity index (χ4n) is 3.40. The average molecular weight is 421 g/mol. The van der Waals surface area contributed by atoms with Crippen molar-refractivity contribution in [2.45, 2.75) is 13.8 Å². The third kappa shape index (κ3) is 3.89. The molecule has 30 heavy (non-hydrogen) atoms. The highest BCUT2D eigenvalue weighted by Gasteiger charge is 2.41. The summed E-state index contributed by atoms with van der Waals surface area (Å²) in [7, 11) is 0.357. The van der Waals surface area contributed by atoms with Gasteiger partial charge in [0.25, 0.3) is 5.30 Å². The van der Waals surface area contributed by atoms with Crippen molar-refractivity contribution in [3.63, 3.8) is 0 Å². The molecule has 0 saturated heterocycles. The van der Waals surface area contributed by atoms with Crippen LogP contribution in [0.15, 0.2) is 60.7 Å². The summed E-state index contributed by atoms with van der Waals surface area (Å²) in [4.78, 5) is 26.3. The molecule has 0 fully saturated rings. The Bertz CT molecular complexity index is 1110. The second-order valence-corrected chi connectivity index (χ2v) is 8.18. The summed E-state index contributed by atoms with van der Waals surface area (Å²) in [6, 6.07) is 17.2. The highest BCUT2D eigenvalue weighted by Crippen LogP contribution is 2.37. The predicted octanol–water partition coefficient (Wildman–Crippen LogP) is 4.84. The molecule has 0 amide bonds. The number of carbonyl (C=O) groups excluding carboxylic acids is 2. The third-order valence-electron chi connectivity index (χ3n) is 4.96. The van der Waals surface area contributed by atoms with Gasteiger partial charge in [-0.05, 0) is 37.1 Å². The molecule has 6 heteroatoms. The van der Waals surface area contributed by atoms with E-state index in [1.54, 1.807) is 68.4 Å². The summed E-state index contributed by atoms with van der Waals surface area (Å²) >= 11 is 0. The first kappa shape index (κ1) is 21.4. The Labute approximate surface area is 176 Å². The molecular formula is C24H22O5P+. The van der Waals surface area contributed by atoms with Crippen molar-refractivity contribution in [3.8, 4) is 11.5 Å². The molecule has 5 nitrogen and oxygen atoms in total. The summed E-state index contributed by atoms with van der Waals surface area (Å²) < 4.78 is 23.9. The Balaban J connectivity index is 2.10. The Morgan fingerprint density at radius 3 is 1.97 bits per heavy atom. The van der Waals surface area contributed by atoms with Gasteiger partial charge in [0.15, 0.2) is 17.3 Å². The van der Waals surface area contributed by atoms with E-state index < -0.39 is 13.3 Å². The van der Waals surface area contributed by atoms with Gasteiger partial charge in [-0.1, -0.05) is 53.1 Å². The van der Waals surface area contributed by atoms with Gasteiger partial charge in [0, 0.05) is 11.1 Å².